The molecule has 1 aliphatic rings. The maximum atomic E-state index is 6.00. The highest BCUT2D eigenvalue weighted by Crippen LogP contribution is 2.21. The summed E-state index contributed by atoms with van der Waals surface area (Å²) >= 11 is 6.00. The molecule has 0 unspecified atom stereocenters. The van der Waals surface area contributed by atoms with Gasteiger partial charge >= 0.3 is 0 Å². The molecule has 6 nitrogen and oxygen atoms in total. The van der Waals surface area contributed by atoms with Crippen LogP contribution >= 0.6 is 11.6 Å². The summed E-state index contributed by atoms with van der Waals surface area (Å²) in [5.74, 6) is 0.458. The third-order valence-corrected chi connectivity index (χ3v) is 4.26. The molecule has 0 saturated carbocycles. The zero-order valence-electron chi connectivity index (χ0n) is 13.0. The number of anilines is 3. The normalized spacial score (nSPS) is 14.8. The standard InChI is InChI=1S/C17H17ClN6/c18-12-1-6-15-16(11-12)21-17(23-22-15)20-13-2-4-14(5-3-13)24-9-7-19-8-10-24/h1-6,11,19H,7-10H2,(H,20,21,23). The van der Waals surface area contributed by atoms with E-state index in [9.17, 15) is 0 Å². The predicted molar refractivity (Wildman–Crippen MR) is 97.2 cm³/mol. The van der Waals surface area contributed by atoms with Crippen LogP contribution in [0.2, 0.25) is 5.02 Å². The fraction of sp³-hybridized carbons (Fsp3) is 0.235. The molecule has 2 heterocycles. The van der Waals surface area contributed by atoms with Gasteiger partial charge in [-0.3, -0.25) is 0 Å². The van der Waals surface area contributed by atoms with Crippen molar-refractivity contribution < 1.29 is 0 Å². The quantitative estimate of drug-likeness (QED) is 0.764. The van der Waals surface area contributed by atoms with Gasteiger partial charge in [0.15, 0.2) is 0 Å². The summed E-state index contributed by atoms with van der Waals surface area (Å²) in [6.45, 7) is 4.12. The molecule has 0 atom stereocenters. The number of fused-ring (bicyclic) bond motifs is 1. The van der Waals surface area contributed by atoms with E-state index in [1.165, 1.54) is 5.69 Å². The average Bonchev–Trinajstić information content (AvgIpc) is 2.63. The number of hydrogen-bond acceptors (Lipinski definition) is 6. The van der Waals surface area contributed by atoms with E-state index in [2.05, 4.69) is 42.8 Å². The molecule has 7 heteroatoms. The minimum Gasteiger partial charge on any atom is -0.369 e. The van der Waals surface area contributed by atoms with Crippen molar-refractivity contribution in [1.29, 1.82) is 0 Å². The van der Waals surface area contributed by atoms with Gasteiger partial charge in [0.25, 0.3) is 0 Å². The predicted octanol–water partition coefficient (Wildman–Crippen LogP) is 2.83. The minimum atomic E-state index is 0.458. The van der Waals surface area contributed by atoms with Gasteiger partial charge in [0.05, 0.1) is 5.52 Å². The molecular formula is C17H17ClN6. The molecule has 0 spiro atoms. The largest absolute Gasteiger partial charge is 0.369 e. The van der Waals surface area contributed by atoms with E-state index < -0.39 is 0 Å². The molecule has 3 aromatic rings. The van der Waals surface area contributed by atoms with Crippen molar-refractivity contribution in [2.24, 2.45) is 0 Å². The molecule has 1 aliphatic heterocycles. The van der Waals surface area contributed by atoms with Gasteiger partial charge in [-0.05, 0) is 42.5 Å². The van der Waals surface area contributed by atoms with Crippen molar-refractivity contribution in [3.05, 3.63) is 47.5 Å². The molecule has 24 heavy (non-hydrogen) atoms. The number of nitrogens with one attached hydrogen (secondary N) is 2. The third kappa shape index (κ3) is 3.25. The van der Waals surface area contributed by atoms with Crippen molar-refractivity contribution in [1.82, 2.24) is 20.5 Å². The van der Waals surface area contributed by atoms with Crippen LogP contribution in [0.5, 0.6) is 0 Å². The Bertz CT molecular complexity index is 845. The second-order valence-electron chi connectivity index (χ2n) is 5.68. The van der Waals surface area contributed by atoms with Gasteiger partial charge in [-0.1, -0.05) is 11.6 Å². The Labute approximate surface area is 144 Å². The van der Waals surface area contributed by atoms with E-state index in [1.54, 1.807) is 12.1 Å². The van der Waals surface area contributed by atoms with E-state index in [4.69, 9.17) is 11.6 Å². The van der Waals surface area contributed by atoms with Gasteiger partial charge in [0.2, 0.25) is 5.95 Å². The Morgan fingerprint density at radius 1 is 0.958 bits per heavy atom. The molecule has 4 rings (SSSR count). The van der Waals surface area contributed by atoms with Gasteiger partial charge in [-0.2, -0.15) is 0 Å². The molecule has 122 valence electrons. The lowest BCUT2D eigenvalue weighted by Gasteiger charge is -2.29. The molecular weight excluding hydrogens is 324 g/mol. The SMILES string of the molecule is Clc1ccc2nnc(Nc3ccc(N4CCNCC4)cc3)nc2c1. The Morgan fingerprint density at radius 3 is 2.54 bits per heavy atom. The number of halogens is 1. The molecule has 1 aromatic heterocycles. The van der Waals surface area contributed by atoms with E-state index in [-0.39, 0.29) is 0 Å². The highest BCUT2D eigenvalue weighted by Gasteiger charge is 2.10. The van der Waals surface area contributed by atoms with Gasteiger partial charge in [-0.15, -0.1) is 10.2 Å². The Kier molecular flexibility index (Phi) is 4.15. The van der Waals surface area contributed by atoms with Crippen LogP contribution < -0.4 is 15.5 Å². The van der Waals surface area contributed by atoms with Crippen molar-refractivity contribution in [2.75, 3.05) is 36.4 Å². The van der Waals surface area contributed by atoms with Crippen LogP contribution in [0.1, 0.15) is 0 Å². The molecule has 2 N–H and O–H groups in total. The minimum absolute atomic E-state index is 0.458. The van der Waals surface area contributed by atoms with Gasteiger partial charge in [0.1, 0.15) is 5.52 Å². The van der Waals surface area contributed by atoms with Gasteiger partial charge in [-0.25, -0.2) is 4.98 Å². The van der Waals surface area contributed by atoms with Crippen molar-refractivity contribution in [3.63, 3.8) is 0 Å². The lowest BCUT2D eigenvalue weighted by molar-refractivity contribution is 0.589. The number of aromatic nitrogens is 3. The zero-order chi connectivity index (χ0) is 16.4. The van der Waals surface area contributed by atoms with E-state index >= 15 is 0 Å². The number of hydrogen-bond donors (Lipinski definition) is 2. The lowest BCUT2D eigenvalue weighted by atomic mass is 10.2. The van der Waals surface area contributed by atoms with Crippen LogP contribution in [-0.4, -0.2) is 41.4 Å². The lowest BCUT2D eigenvalue weighted by Crippen LogP contribution is -2.43. The topological polar surface area (TPSA) is 66.0 Å². The fourth-order valence-corrected chi connectivity index (χ4v) is 2.94. The molecule has 1 saturated heterocycles. The first-order valence-electron chi connectivity index (χ1n) is 7.91. The number of benzene rings is 2. The maximum absolute atomic E-state index is 6.00. The van der Waals surface area contributed by atoms with Crippen LogP contribution in [0.15, 0.2) is 42.5 Å². The summed E-state index contributed by atoms with van der Waals surface area (Å²) in [5.41, 5.74) is 3.60. The maximum Gasteiger partial charge on any atom is 0.247 e. The number of rotatable bonds is 3. The zero-order valence-corrected chi connectivity index (χ0v) is 13.8. The van der Waals surface area contributed by atoms with Crippen LogP contribution in [0, 0.1) is 0 Å². The first kappa shape index (κ1) is 15.1. The summed E-state index contributed by atoms with van der Waals surface area (Å²) in [5, 5.41) is 15.5. The highest BCUT2D eigenvalue weighted by atomic mass is 35.5. The molecule has 1 fully saturated rings. The van der Waals surface area contributed by atoms with Crippen molar-refractivity contribution >= 4 is 40.0 Å². The average molecular weight is 341 g/mol. The first-order chi connectivity index (χ1) is 11.8. The Balaban J connectivity index is 1.52. The van der Waals surface area contributed by atoms with E-state index in [0.29, 0.717) is 11.0 Å². The second-order valence-corrected chi connectivity index (χ2v) is 6.11. The second kappa shape index (κ2) is 6.59. The van der Waals surface area contributed by atoms with Crippen LogP contribution in [0.3, 0.4) is 0 Å². The van der Waals surface area contributed by atoms with Gasteiger partial charge < -0.3 is 15.5 Å². The van der Waals surface area contributed by atoms with Crippen LogP contribution in [0.4, 0.5) is 17.3 Å². The molecule has 0 amide bonds. The number of piperazine rings is 1. The number of nitrogens with zero attached hydrogens (tertiary/aromatic N) is 4. The smallest absolute Gasteiger partial charge is 0.247 e. The molecule has 0 bridgehead atoms. The third-order valence-electron chi connectivity index (χ3n) is 4.02. The first-order valence-corrected chi connectivity index (χ1v) is 8.28. The van der Waals surface area contributed by atoms with Crippen molar-refractivity contribution in [2.45, 2.75) is 0 Å². The highest BCUT2D eigenvalue weighted by molar-refractivity contribution is 6.31. The summed E-state index contributed by atoms with van der Waals surface area (Å²) in [6.07, 6.45) is 0. The monoisotopic (exact) mass is 340 g/mol. The van der Waals surface area contributed by atoms with Gasteiger partial charge in [0, 0.05) is 42.6 Å². The van der Waals surface area contributed by atoms with E-state index in [1.807, 2.05) is 18.2 Å². The summed E-state index contributed by atoms with van der Waals surface area (Å²) in [7, 11) is 0. The van der Waals surface area contributed by atoms with Crippen LogP contribution in [-0.2, 0) is 0 Å². The Hall–Kier alpha value is -2.44. The summed E-state index contributed by atoms with van der Waals surface area (Å²) in [6, 6.07) is 13.7. The fourth-order valence-electron chi connectivity index (χ4n) is 2.77. The van der Waals surface area contributed by atoms with Crippen molar-refractivity contribution in [3.8, 4) is 0 Å². The molecule has 0 radical (unpaired) electrons. The summed E-state index contributed by atoms with van der Waals surface area (Å²) in [4.78, 5) is 6.83. The summed E-state index contributed by atoms with van der Waals surface area (Å²) < 4.78 is 0. The molecule has 2 aromatic carbocycles. The van der Waals surface area contributed by atoms with Crippen LogP contribution in [0.25, 0.3) is 11.0 Å². The molecule has 0 aliphatic carbocycles. The van der Waals surface area contributed by atoms with E-state index in [0.717, 1.165) is 42.9 Å². The Morgan fingerprint density at radius 2 is 1.75 bits per heavy atom.